The Morgan fingerprint density at radius 1 is 1.26 bits per heavy atom. The third kappa shape index (κ3) is 4.86. The third-order valence-corrected chi connectivity index (χ3v) is 8.27. The van der Waals surface area contributed by atoms with Gasteiger partial charge in [-0.05, 0) is 49.3 Å². The normalized spacial score (nSPS) is 28.7. The standard InChI is InChI=1S/C23H32ClN5O4S/c1-23(2)11-17-29(22(32)15(7-9-34-17)28-21(31)19(25)26-3)18(23)20(30)27-14-6-8-33-16-5-4-12(24)10-13(14)16/h4-5,10,14-15,17-19,26H,6-9,11,25H2,1-3H3,(H,27,30)(H,28,31)/t14-,15+,17+,18-,19-/m1/s1. The minimum absolute atomic E-state index is 0.130. The van der Waals surface area contributed by atoms with E-state index >= 15 is 0 Å². The predicted molar refractivity (Wildman–Crippen MR) is 131 cm³/mol. The minimum atomic E-state index is -0.908. The van der Waals surface area contributed by atoms with Crippen LogP contribution in [-0.4, -0.2) is 65.7 Å². The van der Waals surface area contributed by atoms with Crippen molar-refractivity contribution < 1.29 is 19.1 Å². The summed E-state index contributed by atoms with van der Waals surface area (Å²) in [6.45, 7) is 4.51. The van der Waals surface area contributed by atoms with E-state index in [-0.39, 0.29) is 23.2 Å². The first-order valence-corrected chi connectivity index (χ1v) is 12.9. The summed E-state index contributed by atoms with van der Waals surface area (Å²) in [5, 5.41) is 9.05. The second kappa shape index (κ2) is 9.93. The van der Waals surface area contributed by atoms with E-state index < -0.39 is 29.6 Å². The highest BCUT2D eigenvalue weighted by Gasteiger charge is 2.54. The first-order valence-electron chi connectivity index (χ1n) is 11.5. The summed E-state index contributed by atoms with van der Waals surface area (Å²) in [4.78, 5) is 41.4. The molecule has 0 unspecified atom stereocenters. The fourth-order valence-electron chi connectivity index (χ4n) is 5.01. The first-order chi connectivity index (χ1) is 16.1. The van der Waals surface area contributed by atoms with Gasteiger partial charge >= 0.3 is 0 Å². The molecule has 1 aromatic rings. The Balaban J connectivity index is 1.57. The monoisotopic (exact) mass is 509 g/mol. The number of nitrogens with two attached hydrogens (primary N) is 1. The van der Waals surface area contributed by atoms with Crippen molar-refractivity contribution in [2.45, 2.75) is 62.8 Å². The van der Waals surface area contributed by atoms with Crippen molar-refractivity contribution in [3.8, 4) is 5.75 Å². The topological polar surface area (TPSA) is 126 Å². The second-order valence-electron chi connectivity index (χ2n) is 9.66. The van der Waals surface area contributed by atoms with E-state index in [2.05, 4.69) is 16.0 Å². The quantitative estimate of drug-likeness (QED) is 0.441. The lowest BCUT2D eigenvalue weighted by atomic mass is 9.83. The number of halogens is 1. The number of fused-ring (bicyclic) bond motifs is 2. The van der Waals surface area contributed by atoms with E-state index in [1.807, 2.05) is 26.0 Å². The number of ether oxygens (including phenoxy) is 1. The van der Waals surface area contributed by atoms with Crippen LogP contribution >= 0.6 is 23.4 Å². The summed E-state index contributed by atoms with van der Waals surface area (Å²) in [6, 6.07) is 3.73. The molecule has 0 saturated carbocycles. The van der Waals surface area contributed by atoms with E-state index in [1.54, 1.807) is 29.8 Å². The molecule has 0 bridgehead atoms. The van der Waals surface area contributed by atoms with Crippen LogP contribution in [0, 0.1) is 5.41 Å². The number of thioether (sulfide) groups is 1. The van der Waals surface area contributed by atoms with Gasteiger partial charge in [0, 0.05) is 17.0 Å². The van der Waals surface area contributed by atoms with Gasteiger partial charge in [0.15, 0.2) is 0 Å². The Bertz CT molecular complexity index is 977. The van der Waals surface area contributed by atoms with E-state index in [0.717, 1.165) is 5.56 Å². The second-order valence-corrected chi connectivity index (χ2v) is 11.4. The maximum absolute atomic E-state index is 13.7. The van der Waals surface area contributed by atoms with Gasteiger partial charge in [-0.25, -0.2) is 0 Å². The molecule has 0 aromatic heterocycles. The zero-order valence-electron chi connectivity index (χ0n) is 19.6. The van der Waals surface area contributed by atoms with Crippen molar-refractivity contribution in [1.82, 2.24) is 20.9 Å². The molecule has 0 aliphatic carbocycles. The van der Waals surface area contributed by atoms with E-state index in [9.17, 15) is 14.4 Å². The van der Waals surface area contributed by atoms with Crippen LogP contribution in [0.3, 0.4) is 0 Å². The Morgan fingerprint density at radius 3 is 2.76 bits per heavy atom. The number of carbonyl (C=O) groups is 3. The van der Waals surface area contributed by atoms with Crippen LogP contribution in [0.2, 0.25) is 5.02 Å². The van der Waals surface area contributed by atoms with Crippen LogP contribution in [0.4, 0.5) is 0 Å². The Kier molecular flexibility index (Phi) is 7.33. The summed E-state index contributed by atoms with van der Waals surface area (Å²) in [7, 11) is 1.58. The molecule has 2 fully saturated rings. The molecule has 34 heavy (non-hydrogen) atoms. The number of carbonyl (C=O) groups excluding carboxylic acids is 3. The lowest BCUT2D eigenvalue weighted by molar-refractivity contribution is -0.144. The van der Waals surface area contributed by atoms with Crippen molar-refractivity contribution >= 4 is 41.1 Å². The van der Waals surface area contributed by atoms with E-state index in [4.69, 9.17) is 22.1 Å². The number of hydrogen-bond donors (Lipinski definition) is 4. The van der Waals surface area contributed by atoms with Gasteiger partial charge in [-0.3, -0.25) is 19.7 Å². The van der Waals surface area contributed by atoms with E-state index in [1.165, 1.54) is 0 Å². The molecule has 4 rings (SSSR count). The summed E-state index contributed by atoms with van der Waals surface area (Å²) in [5.74, 6) is 0.503. The first kappa shape index (κ1) is 25.1. The number of amides is 3. The van der Waals surface area contributed by atoms with Crippen molar-refractivity contribution in [1.29, 1.82) is 0 Å². The molecule has 3 amide bonds. The maximum Gasteiger partial charge on any atom is 0.252 e. The molecule has 3 aliphatic heterocycles. The molecule has 0 spiro atoms. The molecule has 11 heteroatoms. The highest BCUT2D eigenvalue weighted by atomic mass is 35.5. The van der Waals surface area contributed by atoms with Gasteiger partial charge in [0.1, 0.15) is 24.0 Å². The summed E-state index contributed by atoms with van der Waals surface area (Å²) < 4.78 is 5.72. The van der Waals surface area contributed by atoms with Crippen LogP contribution in [-0.2, 0) is 14.4 Å². The van der Waals surface area contributed by atoms with Gasteiger partial charge in [-0.15, -0.1) is 11.8 Å². The summed E-state index contributed by atoms with van der Waals surface area (Å²) in [6.07, 6.45) is 0.876. The number of hydrogen-bond acceptors (Lipinski definition) is 7. The SMILES string of the molecule is CN[C@@H](N)C(=O)N[C@H]1CCS[C@H]2CC(C)(C)[C@@H](C(=O)N[C@@H]3CCOc4ccc(Cl)cc43)N2C1=O. The number of nitrogens with zero attached hydrogens (tertiary/aromatic N) is 1. The highest BCUT2D eigenvalue weighted by Crippen LogP contribution is 2.46. The number of nitrogens with one attached hydrogen (secondary N) is 3. The van der Waals surface area contributed by atoms with Crippen molar-refractivity contribution in [3.05, 3.63) is 28.8 Å². The van der Waals surface area contributed by atoms with Crippen LogP contribution < -0.4 is 26.4 Å². The third-order valence-electron chi connectivity index (χ3n) is 6.78. The molecule has 3 aliphatic rings. The van der Waals surface area contributed by atoms with Crippen molar-refractivity contribution in [2.75, 3.05) is 19.4 Å². The molecule has 3 heterocycles. The summed E-state index contributed by atoms with van der Waals surface area (Å²) >= 11 is 7.85. The van der Waals surface area contributed by atoms with Gasteiger partial charge < -0.3 is 26.0 Å². The van der Waals surface area contributed by atoms with E-state index in [0.29, 0.717) is 42.4 Å². The van der Waals surface area contributed by atoms with Gasteiger partial charge in [0.2, 0.25) is 11.8 Å². The van der Waals surface area contributed by atoms with Gasteiger partial charge in [0.25, 0.3) is 5.91 Å². The zero-order chi connectivity index (χ0) is 24.6. The van der Waals surface area contributed by atoms with Gasteiger partial charge in [-0.2, -0.15) is 0 Å². The number of rotatable bonds is 5. The highest BCUT2D eigenvalue weighted by molar-refractivity contribution is 7.99. The Hall–Kier alpha value is -2.01. The smallest absolute Gasteiger partial charge is 0.252 e. The molecular formula is C23H32ClN5O4S. The van der Waals surface area contributed by atoms with Gasteiger partial charge in [0.05, 0.1) is 18.0 Å². The lowest BCUT2D eigenvalue weighted by Crippen LogP contribution is -2.59. The van der Waals surface area contributed by atoms with Crippen LogP contribution in [0.25, 0.3) is 0 Å². The molecule has 9 nitrogen and oxygen atoms in total. The predicted octanol–water partition coefficient (Wildman–Crippen LogP) is 1.36. The summed E-state index contributed by atoms with van der Waals surface area (Å²) in [5.41, 5.74) is 6.16. The van der Waals surface area contributed by atoms with Crippen LogP contribution in [0.1, 0.15) is 44.7 Å². The lowest BCUT2D eigenvalue weighted by Gasteiger charge is -2.36. The molecule has 1 aromatic carbocycles. The zero-order valence-corrected chi connectivity index (χ0v) is 21.2. The Morgan fingerprint density at radius 2 is 2.03 bits per heavy atom. The fraction of sp³-hybridized carbons (Fsp3) is 0.609. The van der Waals surface area contributed by atoms with Crippen LogP contribution in [0.15, 0.2) is 18.2 Å². The Labute approximate surface area is 208 Å². The average Bonchev–Trinajstić information content (AvgIpc) is 2.99. The molecule has 5 atom stereocenters. The molecular weight excluding hydrogens is 478 g/mol. The minimum Gasteiger partial charge on any atom is -0.493 e. The van der Waals surface area contributed by atoms with Crippen LogP contribution in [0.5, 0.6) is 5.75 Å². The van der Waals surface area contributed by atoms with Crippen molar-refractivity contribution in [3.63, 3.8) is 0 Å². The molecule has 0 radical (unpaired) electrons. The average molecular weight is 510 g/mol. The molecule has 5 N–H and O–H groups in total. The number of benzene rings is 1. The maximum atomic E-state index is 13.7. The number of likely N-dealkylation sites (N-methyl/N-ethyl adjacent to an activating group) is 1. The van der Waals surface area contributed by atoms with Crippen molar-refractivity contribution in [2.24, 2.45) is 11.1 Å². The molecule has 2 saturated heterocycles. The van der Waals surface area contributed by atoms with Gasteiger partial charge in [-0.1, -0.05) is 25.4 Å². The fourth-order valence-corrected chi connectivity index (χ4v) is 6.77. The largest absolute Gasteiger partial charge is 0.493 e. The molecule has 186 valence electrons.